The van der Waals surface area contributed by atoms with Gasteiger partial charge in [-0.15, -0.1) is 21.5 Å². The highest BCUT2D eigenvalue weighted by Crippen LogP contribution is 2.38. The number of nitrogens with zero attached hydrogens (tertiary/aromatic N) is 6. The SMILES string of the molecule is C[C@H]1CCc2sc3ncn4c(-c5cnccn5)nnc4c3c2C1. The Bertz CT molecular complexity index is 1020. The summed E-state index contributed by atoms with van der Waals surface area (Å²) in [5, 5.41) is 9.95. The summed E-state index contributed by atoms with van der Waals surface area (Å²) in [5.41, 5.74) is 3.00. The van der Waals surface area contributed by atoms with E-state index in [1.807, 2.05) is 4.40 Å². The first-order valence-electron chi connectivity index (χ1n) is 7.71. The minimum absolute atomic E-state index is 0.686. The van der Waals surface area contributed by atoms with E-state index in [1.165, 1.54) is 22.2 Å². The molecule has 0 aromatic carbocycles. The number of rotatable bonds is 1. The van der Waals surface area contributed by atoms with Gasteiger partial charge >= 0.3 is 0 Å². The van der Waals surface area contributed by atoms with E-state index in [0.717, 1.165) is 23.3 Å². The molecule has 0 radical (unpaired) electrons. The molecular weight excluding hydrogens is 308 g/mol. The third kappa shape index (κ3) is 1.89. The van der Waals surface area contributed by atoms with Crippen LogP contribution in [0.1, 0.15) is 23.8 Å². The van der Waals surface area contributed by atoms with E-state index >= 15 is 0 Å². The van der Waals surface area contributed by atoms with Crippen LogP contribution in [-0.2, 0) is 12.8 Å². The highest BCUT2D eigenvalue weighted by molar-refractivity contribution is 7.19. The lowest BCUT2D eigenvalue weighted by Gasteiger charge is -2.17. The summed E-state index contributed by atoms with van der Waals surface area (Å²) in [6.45, 7) is 2.31. The monoisotopic (exact) mass is 322 g/mol. The molecule has 4 aromatic heterocycles. The normalized spacial score (nSPS) is 17.7. The molecule has 114 valence electrons. The zero-order valence-electron chi connectivity index (χ0n) is 12.6. The fourth-order valence-corrected chi connectivity index (χ4v) is 4.51. The van der Waals surface area contributed by atoms with Crippen LogP contribution >= 0.6 is 11.3 Å². The van der Waals surface area contributed by atoms with Crippen LogP contribution in [0.25, 0.3) is 27.4 Å². The Balaban J connectivity index is 1.81. The molecule has 23 heavy (non-hydrogen) atoms. The number of fused-ring (bicyclic) bond motifs is 5. The average Bonchev–Trinajstić information content (AvgIpc) is 3.16. The maximum Gasteiger partial charge on any atom is 0.189 e. The van der Waals surface area contributed by atoms with Crippen LogP contribution in [0.15, 0.2) is 24.9 Å². The summed E-state index contributed by atoms with van der Waals surface area (Å²) < 4.78 is 1.93. The van der Waals surface area contributed by atoms with Gasteiger partial charge in [-0.2, -0.15) is 0 Å². The zero-order valence-corrected chi connectivity index (χ0v) is 13.4. The topological polar surface area (TPSA) is 68.9 Å². The zero-order chi connectivity index (χ0) is 15.4. The van der Waals surface area contributed by atoms with Crippen LogP contribution in [-0.4, -0.2) is 29.5 Å². The van der Waals surface area contributed by atoms with E-state index in [4.69, 9.17) is 0 Å². The van der Waals surface area contributed by atoms with Crippen LogP contribution < -0.4 is 0 Å². The third-order valence-electron chi connectivity index (χ3n) is 4.49. The van der Waals surface area contributed by atoms with E-state index in [2.05, 4.69) is 32.1 Å². The first-order valence-corrected chi connectivity index (χ1v) is 8.53. The molecule has 5 rings (SSSR count). The van der Waals surface area contributed by atoms with Gasteiger partial charge in [-0.25, -0.2) is 9.97 Å². The molecule has 6 nitrogen and oxygen atoms in total. The van der Waals surface area contributed by atoms with Crippen molar-refractivity contribution in [3.63, 3.8) is 0 Å². The van der Waals surface area contributed by atoms with Gasteiger partial charge in [-0.1, -0.05) is 6.92 Å². The van der Waals surface area contributed by atoms with Gasteiger partial charge in [0.25, 0.3) is 0 Å². The Kier molecular flexibility index (Phi) is 2.72. The van der Waals surface area contributed by atoms with Gasteiger partial charge in [-0.3, -0.25) is 9.38 Å². The quantitative estimate of drug-likeness (QED) is 0.539. The molecule has 1 aliphatic rings. The molecule has 0 unspecified atom stereocenters. The maximum atomic E-state index is 4.65. The van der Waals surface area contributed by atoms with Crippen molar-refractivity contribution >= 4 is 27.2 Å². The minimum Gasteiger partial charge on any atom is -0.263 e. The molecule has 0 fully saturated rings. The first-order chi connectivity index (χ1) is 11.3. The van der Waals surface area contributed by atoms with Gasteiger partial charge < -0.3 is 0 Å². The van der Waals surface area contributed by atoms with Crippen molar-refractivity contribution in [1.82, 2.24) is 29.5 Å². The minimum atomic E-state index is 0.686. The Morgan fingerprint density at radius 3 is 3.04 bits per heavy atom. The van der Waals surface area contributed by atoms with Crippen molar-refractivity contribution in [2.45, 2.75) is 26.2 Å². The molecule has 4 aromatic rings. The van der Waals surface area contributed by atoms with Crippen molar-refractivity contribution in [3.05, 3.63) is 35.4 Å². The van der Waals surface area contributed by atoms with E-state index in [0.29, 0.717) is 17.4 Å². The number of aryl methyl sites for hydroxylation is 1. The van der Waals surface area contributed by atoms with Crippen molar-refractivity contribution in [1.29, 1.82) is 0 Å². The van der Waals surface area contributed by atoms with Crippen LogP contribution in [0, 0.1) is 5.92 Å². The van der Waals surface area contributed by atoms with E-state index < -0.39 is 0 Å². The number of aromatic nitrogens is 6. The number of hydrogen-bond donors (Lipinski definition) is 0. The van der Waals surface area contributed by atoms with Gasteiger partial charge in [0, 0.05) is 17.3 Å². The number of hydrogen-bond acceptors (Lipinski definition) is 6. The van der Waals surface area contributed by atoms with Crippen LogP contribution in [0.5, 0.6) is 0 Å². The fraction of sp³-hybridized carbons (Fsp3) is 0.312. The predicted molar refractivity (Wildman–Crippen MR) is 88.4 cm³/mol. The Labute approximate surface area is 136 Å². The summed E-state index contributed by atoms with van der Waals surface area (Å²) in [6.07, 6.45) is 10.3. The first kappa shape index (κ1) is 13.1. The average molecular weight is 322 g/mol. The summed E-state index contributed by atoms with van der Waals surface area (Å²) >= 11 is 1.80. The van der Waals surface area contributed by atoms with Gasteiger partial charge in [0.1, 0.15) is 16.9 Å². The molecule has 1 aliphatic carbocycles. The van der Waals surface area contributed by atoms with Crippen molar-refractivity contribution in [2.75, 3.05) is 0 Å². The lowest BCUT2D eigenvalue weighted by Crippen LogP contribution is -2.09. The molecule has 0 bridgehead atoms. The second-order valence-electron chi connectivity index (χ2n) is 6.08. The molecular formula is C16H14N6S. The van der Waals surface area contributed by atoms with Crippen LogP contribution in [0.4, 0.5) is 0 Å². The Hall–Kier alpha value is -2.41. The molecule has 7 heteroatoms. The van der Waals surface area contributed by atoms with Crippen molar-refractivity contribution in [2.24, 2.45) is 5.92 Å². The van der Waals surface area contributed by atoms with Gasteiger partial charge in [0.05, 0.1) is 11.6 Å². The third-order valence-corrected chi connectivity index (χ3v) is 5.69. The van der Waals surface area contributed by atoms with Gasteiger partial charge in [-0.05, 0) is 30.7 Å². The molecule has 0 spiro atoms. The molecule has 1 atom stereocenters. The van der Waals surface area contributed by atoms with Gasteiger partial charge in [0.2, 0.25) is 0 Å². The summed E-state index contributed by atoms with van der Waals surface area (Å²) in [6, 6.07) is 0. The number of thiophene rings is 1. The summed E-state index contributed by atoms with van der Waals surface area (Å²) in [5.74, 6) is 1.40. The standard InChI is InChI=1S/C16H14N6S/c1-9-2-3-12-10(6-9)13-15-21-20-14(11-7-17-4-5-18-11)22(15)8-19-16(13)23-12/h4-5,7-9H,2-3,6H2,1H3/t9-/m0/s1. The summed E-state index contributed by atoms with van der Waals surface area (Å²) in [4.78, 5) is 15.6. The van der Waals surface area contributed by atoms with E-state index in [9.17, 15) is 0 Å². The van der Waals surface area contributed by atoms with Crippen LogP contribution in [0.3, 0.4) is 0 Å². The summed E-state index contributed by atoms with van der Waals surface area (Å²) in [7, 11) is 0. The molecule has 0 saturated carbocycles. The van der Waals surface area contributed by atoms with E-state index in [1.54, 1.807) is 36.3 Å². The fourth-order valence-electron chi connectivity index (χ4n) is 3.34. The lowest BCUT2D eigenvalue weighted by atomic mass is 9.89. The molecule has 0 amide bonds. The second-order valence-corrected chi connectivity index (χ2v) is 7.17. The Morgan fingerprint density at radius 2 is 2.17 bits per heavy atom. The Morgan fingerprint density at radius 1 is 1.22 bits per heavy atom. The molecule has 0 aliphatic heterocycles. The maximum absolute atomic E-state index is 4.65. The molecule has 0 saturated heterocycles. The smallest absolute Gasteiger partial charge is 0.189 e. The highest BCUT2D eigenvalue weighted by Gasteiger charge is 2.24. The molecule has 4 heterocycles. The molecule has 0 N–H and O–H groups in total. The van der Waals surface area contributed by atoms with Crippen molar-refractivity contribution < 1.29 is 0 Å². The van der Waals surface area contributed by atoms with Crippen LogP contribution in [0.2, 0.25) is 0 Å². The van der Waals surface area contributed by atoms with E-state index in [-0.39, 0.29) is 0 Å². The second kappa shape index (κ2) is 4.79. The predicted octanol–water partition coefficient (Wildman–Crippen LogP) is 2.92. The highest BCUT2D eigenvalue weighted by atomic mass is 32.1. The largest absolute Gasteiger partial charge is 0.263 e. The van der Waals surface area contributed by atoms with Gasteiger partial charge in [0.15, 0.2) is 11.5 Å². The van der Waals surface area contributed by atoms with Crippen molar-refractivity contribution in [3.8, 4) is 11.5 Å². The lowest BCUT2D eigenvalue weighted by molar-refractivity contribution is 0.508.